The van der Waals surface area contributed by atoms with Crippen LogP contribution < -0.4 is 14.4 Å². The lowest BCUT2D eigenvalue weighted by molar-refractivity contribution is 0.416. The molecule has 196 valence electrons. The first-order chi connectivity index (χ1) is 19.2. The zero-order chi connectivity index (χ0) is 27.2. The van der Waals surface area contributed by atoms with Crippen molar-refractivity contribution >= 4 is 5.69 Å². The van der Waals surface area contributed by atoms with E-state index in [0.29, 0.717) is 0 Å². The van der Waals surface area contributed by atoms with Gasteiger partial charge in [0.05, 0.1) is 25.6 Å². The minimum atomic E-state index is 0.785. The van der Waals surface area contributed by atoms with Gasteiger partial charge in [-0.2, -0.15) is 0 Å². The number of benzene rings is 4. The number of nitrogens with zero attached hydrogens (tertiary/aromatic N) is 2. The maximum absolute atomic E-state index is 5.74. The van der Waals surface area contributed by atoms with Gasteiger partial charge in [-0.3, -0.25) is 0 Å². The summed E-state index contributed by atoms with van der Waals surface area (Å²) in [7, 11) is 3.40. The van der Waals surface area contributed by atoms with Crippen LogP contribution in [0.4, 0.5) is 5.69 Å². The van der Waals surface area contributed by atoms with Crippen molar-refractivity contribution in [2.24, 2.45) is 0 Å². The molecule has 5 aromatic rings. The number of para-hydroxylation sites is 2. The van der Waals surface area contributed by atoms with Gasteiger partial charge in [0, 0.05) is 29.9 Å². The van der Waals surface area contributed by atoms with Crippen LogP contribution in [0.2, 0.25) is 0 Å². The van der Waals surface area contributed by atoms with Gasteiger partial charge in [0.2, 0.25) is 0 Å². The Balaban J connectivity index is 1.82. The Morgan fingerprint density at radius 1 is 0.538 bits per heavy atom. The van der Waals surface area contributed by atoms with E-state index in [4.69, 9.17) is 14.5 Å². The van der Waals surface area contributed by atoms with E-state index in [9.17, 15) is 0 Å². The SMILES string of the molecule is CCN(CC)c1ccc(-c2ccccc2)c(-c2cc(-c3ccccc3OC)nc(-c3ccccc3OC)c2)c1. The largest absolute Gasteiger partial charge is 0.496 e. The molecule has 4 nitrogen and oxygen atoms in total. The molecule has 0 atom stereocenters. The van der Waals surface area contributed by atoms with Crippen LogP contribution in [0.1, 0.15) is 13.8 Å². The number of anilines is 1. The van der Waals surface area contributed by atoms with Crippen molar-refractivity contribution in [1.29, 1.82) is 0 Å². The summed E-state index contributed by atoms with van der Waals surface area (Å²) in [6.45, 7) is 6.27. The first kappa shape index (κ1) is 26.1. The zero-order valence-corrected chi connectivity index (χ0v) is 23.0. The standard InChI is InChI=1S/C35H34N2O2/c1-5-37(6-2)27-20-21-28(25-14-8-7-9-15-25)31(24-27)26-22-32(29-16-10-12-18-34(29)38-3)36-33(23-26)30-17-11-13-19-35(30)39-4/h7-24H,5-6H2,1-4H3. The zero-order valence-electron chi connectivity index (χ0n) is 23.0. The summed E-state index contributed by atoms with van der Waals surface area (Å²) in [4.78, 5) is 7.52. The third-order valence-corrected chi connectivity index (χ3v) is 7.12. The van der Waals surface area contributed by atoms with Crippen molar-refractivity contribution in [1.82, 2.24) is 4.98 Å². The van der Waals surface area contributed by atoms with E-state index in [0.717, 1.165) is 58.2 Å². The van der Waals surface area contributed by atoms with E-state index in [2.05, 4.69) is 91.5 Å². The van der Waals surface area contributed by atoms with E-state index in [1.807, 2.05) is 36.4 Å². The molecule has 0 fully saturated rings. The smallest absolute Gasteiger partial charge is 0.128 e. The second kappa shape index (κ2) is 11.9. The van der Waals surface area contributed by atoms with E-state index in [1.165, 1.54) is 16.8 Å². The lowest BCUT2D eigenvalue weighted by Crippen LogP contribution is -2.21. The highest BCUT2D eigenvalue weighted by molar-refractivity contribution is 5.89. The molecule has 1 heterocycles. The lowest BCUT2D eigenvalue weighted by atomic mass is 9.92. The average Bonchev–Trinajstić information content (AvgIpc) is 3.01. The van der Waals surface area contributed by atoms with Gasteiger partial charge in [-0.05, 0) is 84.6 Å². The Labute approximate surface area is 231 Å². The molecule has 0 radical (unpaired) electrons. The molecule has 0 aliphatic carbocycles. The molecule has 0 unspecified atom stereocenters. The molecule has 0 N–H and O–H groups in total. The number of hydrogen-bond donors (Lipinski definition) is 0. The number of methoxy groups -OCH3 is 2. The Hall–Kier alpha value is -4.57. The van der Waals surface area contributed by atoms with Crippen molar-refractivity contribution in [3.8, 4) is 56.3 Å². The molecular formula is C35H34N2O2. The summed E-state index contributed by atoms with van der Waals surface area (Å²) < 4.78 is 11.5. The van der Waals surface area contributed by atoms with Gasteiger partial charge >= 0.3 is 0 Å². The fraction of sp³-hybridized carbons (Fsp3) is 0.171. The monoisotopic (exact) mass is 514 g/mol. The third kappa shape index (κ3) is 5.37. The second-order valence-corrected chi connectivity index (χ2v) is 9.30. The summed E-state index contributed by atoms with van der Waals surface area (Å²) >= 11 is 0. The Morgan fingerprint density at radius 3 is 1.62 bits per heavy atom. The quantitative estimate of drug-likeness (QED) is 0.197. The van der Waals surface area contributed by atoms with Crippen LogP contribution in [0.3, 0.4) is 0 Å². The fourth-order valence-electron chi connectivity index (χ4n) is 5.10. The third-order valence-electron chi connectivity index (χ3n) is 7.12. The topological polar surface area (TPSA) is 34.6 Å². The maximum atomic E-state index is 5.74. The minimum absolute atomic E-state index is 0.785. The van der Waals surface area contributed by atoms with Crippen LogP contribution in [0.25, 0.3) is 44.8 Å². The highest BCUT2D eigenvalue weighted by Gasteiger charge is 2.17. The van der Waals surface area contributed by atoms with Crippen molar-refractivity contribution in [2.45, 2.75) is 13.8 Å². The summed E-state index contributed by atoms with van der Waals surface area (Å²) in [6, 6.07) is 37.7. The summed E-state index contributed by atoms with van der Waals surface area (Å²) in [5.74, 6) is 1.57. The highest BCUT2D eigenvalue weighted by Crippen LogP contribution is 2.40. The van der Waals surface area contributed by atoms with Crippen molar-refractivity contribution < 1.29 is 9.47 Å². The van der Waals surface area contributed by atoms with Crippen LogP contribution in [-0.4, -0.2) is 32.3 Å². The number of ether oxygens (including phenoxy) is 2. The Kier molecular flexibility index (Phi) is 7.93. The van der Waals surface area contributed by atoms with E-state index in [-0.39, 0.29) is 0 Å². The van der Waals surface area contributed by atoms with Crippen LogP contribution in [0, 0.1) is 0 Å². The minimum Gasteiger partial charge on any atom is -0.496 e. The first-order valence-electron chi connectivity index (χ1n) is 13.4. The Morgan fingerprint density at radius 2 is 1.08 bits per heavy atom. The molecule has 0 spiro atoms. The molecule has 0 aliphatic rings. The molecule has 0 saturated carbocycles. The van der Waals surface area contributed by atoms with E-state index < -0.39 is 0 Å². The fourth-order valence-corrected chi connectivity index (χ4v) is 5.10. The molecule has 1 aromatic heterocycles. The van der Waals surface area contributed by atoms with Crippen molar-refractivity contribution in [2.75, 3.05) is 32.2 Å². The van der Waals surface area contributed by atoms with Crippen LogP contribution in [-0.2, 0) is 0 Å². The number of rotatable bonds is 9. The van der Waals surface area contributed by atoms with Gasteiger partial charge in [0.25, 0.3) is 0 Å². The molecule has 0 amide bonds. The molecule has 0 aliphatic heterocycles. The van der Waals surface area contributed by atoms with Gasteiger partial charge in [-0.1, -0.05) is 60.7 Å². The summed E-state index contributed by atoms with van der Waals surface area (Å²) in [6.07, 6.45) is 0. The normalized spacial score (nSPS) is 10.8. The molecule has 4 aromatic carbocycles. The molecule has 4 heteroatoms. The number of hydrogen-bond acceptors (Lipinski definition) is 4. The highest BCUT2D eigenvalue weighted by atomic mass is 16.5. The van der Waals surface area contributed by atoms with Gasteiger partial charge in [-0.15, -0.1) is 0 Å². The van der Waals surface area contributed by atoms with Gasteiger partial charge < -0.3 is 14.4 Å². The molecule has 0 saturated heterocycles. The molecule has 5 rings (SSSR count). The van der Waals surface area contributed by atoms with E-state index >= 15 is 0 Å². The van der Waals surface area contributed by atoms with E-state index in [1.54, 1.807) is 14.2 Å². The molecule has 0 bridgehead atoms. The van der Waals surface area contributed by atoms with Crippen molar-refractivity contribution in [3.63, 3.8) is 0 Å². The maximum Gasteiger partial charge on any atom is 0.128 e. The summed E-state index contributed by atoms with van der Waals surface area (Å²) in [5, 5.41) is 0. The first-order valence-corrected chi connectivity index (χ1v) is 13.4. The predicted molar refractivity (Wildman–Crippen MR) is 163 cm³/mol. The van der Waals surface area contributed by atoms with Gasteiger partial charge in [0.15, 0.2) is 0 Å². The second-order valence-electron chi connectivity index (χ2n) is 9.30. The average molecular weight is 515 g/mol. The predicted octanol–water partition coefficient (Wildman–Crippen LogP) is 8.61. The van der Waals surface area contributed by atoms with Crippen LogP contribution >= 0.6 is 0 Å². The Bertz CT molecular complexity index is 1490. The van der Waals surface area contributed by atoms with Crippen LogP contribution in [0.15, 0.2) is 109 Å². The van der Waals surface area contributed by atoms with Crippen molar-refractivity contribution in [3.05, 3.63) is 109 Å². The molecule has 39 heavy (non-hydrogen) atoms. The molecular weight excluding hydrogens is 480 g/mol. The lowest BCUT2D eigenvalue weighted by Gasteiger charge is -2.23. The summed E-state index contributed by atoms with van der Waals surface area (Å²) in [5.41, 5.74) is 9.36. The van der Waals surface area contributed by atoms with Gasteiger partial charge in [-0.25, -0.2) is 4.98 Å². The number of pyridine rings is 1. The van der Waals surface area contributed by atoms with Gasteiger partial charge in [0.1, 0.15) is 11.5 Å². The van der Waals surface area contributed by atoms with Crippen LogP contribution in [0.5, 0.6) is 11.5 Å². The number of aromatic nitrogens is 1.